The van der Waals surface area contributed by atoms with Crippen LogP contribution in [0.15, 0.2) is 0 Å². The number of nitrogens with two attached hydrogens (primary N) is 1. The van der Waals surface area contributed by atoms with Gasteiger partial charge < -0.3 is 15.8 Å². The fourth-order valence-electron chi connectivity index (χ4n) is 1.12. The lowest BCUT2D eigenvalue weighted by Crippen LogP contribution is -2.37. The summed E-state index contributed by atoms with van der Waals surface area (Å²) < 4.78 is 4.98. The molecule has 0 saturated heterocycles. The van der Waals surface area contributed by atoms with Crippen LogP contribution in [0.2, 0.25) is 0 Å². The molecule has 0 atom stereocenters. The molecule has 12 heavy (non-hydrogen) atoms. The number of carbonyl (C=O) groups is 1. The first kappa shape index (κ1) is 9.48. The molecule has 0 aromatic rings. The van der Waals surface area contributed by atoms with Crippen molar-refractivity contribution in [2.24, 2.45) is 5.73 Å². The van der Waals surface area contributed by atoms with Crippen LogP contribution in [0.25, 0.3) is 0 Å². The normalized spacial score (nSPS) is 17.3. The second kappa shape index (κ2) is 5.11. The van der Waals surface area contributed by atoms with Crippen LogP contribution in [0.1, 0.15) is 19.3 Å². The van der Waals surface area contributed by atoms with Crippen LogP contribution in [0.5, 0.6) is 0 Å². The van der Waals surface area contributed by atoms with Crippen molar-refractivity contribution >= 4 is 5.91 Å². The van der Waals surface area contributed by atoms with E-state index in [9.17, 15) is 4.79 Å². The van der Waals surface area contributed by atoms with Crippen LogP contribution >= 0.6 is 0 Å². The number of hydrogen-bond acceptors (Lipinski definition) is 3. The minimum Gasteiger partial charge on any atom is -0.370 e. The SMILES string of the molecule is NC(=O)COCCNC1CCC1. The van der Waals surface area contributed by atoms with Gasteiger partial charge in [-0.05, 0) is 12.8 Å². The Balaban J connectivity index is 1.79. The maximum Gasteiger partial charge on any atom is 0.243 e. The van der Waals surface area contributed by atoms with Crippen molar-refractivity contribution in [1.29, 1.82) is 0 Å². The van der Waals surface area contributed by atoms with E-state index in [0.717, 1.165) is 6.54 Å². The topological polar surface area (TPSA) is 64.4 Å². The molecule has 0 radical (unpaired) electrons. The summed E-state index contributed by atoms with van der Waals surface area (Å²) in [6, 6.07) is 0.683. The van der Waals surface area contributed by atoms with Gasteiger partial charge in [-0.1, -0.05) is 6.42 Å². The summed E-state index contributed by atoms with van der Waals surface area (Å²) in [6.07, 6.45) is 3.88. The number of amides is 1. The number of carbonyl (C=O) groups excluding carboxylic acids is 1. The highest BCUT2D eigenvalue weighted by Gasteiger charge is 2.15. The van der Waals surface area contributed by atoms with E-state index >= 15 is 0 Å². The Labute approximate surface area is 72.5 Å². The van der Waals surface area contributed by atoms with Gasteiger partial charge in [0.15, 0.2) is 0 Å². The Bertz CT molecular complexity index is 146. The fraction of sp³-hybridized carbons (Fsp3) is 0.875. The average Bonchev–Trinajstić information content (AvgIpc) is 1.92. The van der Waals surface area contributed by atoms with Crippen molar-refractivity contribution in [1.82, 2.24) is 5.32 Å². The highest BCUT2D eigenvalue weighted by molar-refractivity contribution is 5.74. The lowest BCUT2D eigenvalue weighted by atomic mass is 9.93. The number of rotatable bonds is 6. The standard InChI is InChI=1S/C8H16N2O2/c9-8(11)6-12-5-4-10-7-2-1-3-7/h7,10H,1-6H2,(H2,9,11). The molecule has 1 fully saturated rings. The van der Waals surface area contributed by atoms with Gasteiger partial charge in [0, 0.05) is 12.6 Å². The van der Waals surface area contributed by atoms with Crippen LogP contribution < -0.4 is 11.1 Å². The number of nitrogens with one attached hydrogen (secondary N) is 1. The molecule has 0 bridgehead atoms. The van der Waals surface area contributed by atoms with E-state index in [0.29, 0.717) is 12.6 Å². The minimum atomic E-state index is -0.404. The van der Waals surface area contributed by atoms with E-state index in [1.807, 2.05) is 0 Å². The summed E-state index contributed by atoms with van der Waals surface area (Å²) in [5, 5.41) is 3.32. The van der Waals surface area contributed by atoms with Crippen molar-refractivity contribution in [2.75, 3.05) is 19.8 Å². The predicted octanol–water partition coefficient (Wildman–Crippen LogP) is -0.370. The number of hydrogen-bond donors (Lipinski definition) is 2. The van der Waals surface area contributed by atoms with E-state index in [1.165, 1.54) is 19.3 Å². The van der Waals surface area contributed by atoms with Gasteiger partial charge in [0.05, 0.1) is 6.61 Å². The predicted molar refractivity (Wildman–Crippen MR) is 45.7 cm³/mol. The molecule has 1 aliphatic carbocycles. The average molecular weight is 172 g/mol. The maximum atomic E-state index is 10.2. The molecule has 1 saturated carbocycles. The van der Waals surface area contributed by atoms with Gasteiger partial charge in [-0.25, -0.2) is 0 Å². The van der Waals surface area contributed by atoms with Gasteiger partial charge in [0.2, 0.25) is 5.91 Å². The summed E-state index contributed by atoms with van der Waals surface area (Å²) in [5.41, 5.74) is 4.89. The largest absolute Gasteiger partial charge is 0.370 e. The molecule has 70 valence electrons. The van der Waals surface area contributed by atoms with Crippen LogP contribution in [0.4, 0.5) is 0 Å². The highest BCUT2D eigenvalue weighted by Crippen LogP contribution is 2.17. The minimum absolute atomic E-state index is 0.0341. The first-order chi connectivity index (χ1) is 5.79. The molecule has 0 aromatic heterocycles. The first-order valence-electron chi connectivity index (χ1n) is 4.38. The quantitative estimate of drug-likeness (QED) is 0.537. The third-order valence-corrected chi connectivity index (χ3v) is 2.03. The Hall–Kier alpha value is -0.610. The van der Waals surface area contributed by atoms with Gasteiger partial charge in [-0.2, -0.15) is 0 Å². The molecule has 1 aliphatic rings. The van der Waals surface area contributed by atoms with Crippen LogP contribution in [0.3, 0.4) is 0 Å². The van der Waals surface area contributed by atoms with Crippen molar-refractivity contribution < 1.29 is 9.53 Å². The molecule has 0 unspecified atom stereocenters. The summed E-state index contributed by atoms with van der Waals surface area (Å²) in [5.74, 6) is -0.404. The second-order valence-corrected chi connectivity index (χ2v) is 3.10. The van der Waals surface area contributed by atoms with E-state index in [-0.39, 0.29) is 6.61 Å². The van der Waals surface area contributed by atoms with Gasteiger partial charge in [-0.15, -0.1) is 0 Å². The zero-order valence-electron chi connectivity index (χ0n) is 7.21. The van der Waals surface area contributed by atoms with Gasteiger partial charge in [0.25, 0.3) is 0 Å². The summed E-state index contributed by atoms with van der Waals surface area (Å²) >= 11 is 0. The lowest BCUT2D eigenvalue weighted by Gasteiger charge is -2.26. The molecule has 3 N–H and O–H groups in total. The molecular formula is C8H16N2O2. The lowest BCUT2D eigenvalue weighted by molar-refractivity contribution is -0.122. The van der Waals surface area contributed by atoms with Crippen LogP contribution in [-0.4, -0.2) is 31.7 Å². The van der Waals surface area contributed by atoms with Crippen molar-refractivity contribution in [2.45, 2.75) is 25.3 Å². The Morgan fingerprint density at radius 3 is 2.83 bits per heavy atom. The van der Waals surface area contributed by atoms with Crippen molar-refractivity contribution in [3.63, 3.8) is 0 Å². The van der Waals surface area contributed by atoms with E-state index in [1.54, 1.807) is 0 Å². The summed E-state index contributed by atoms with van der Waals surface area (Å²) in [4.78, 5) is 10.2. The zero-order chi connectivity index (χ0) is 8.81. The van der Waals surface area contributed by atoms with Crippen molar-refractivity contribution in [3.8, 4) is 0 Å². The third-order valence-electron chi connectivity index (χ3n) is 2.03. The van der Waals surface area contributed by atoms with Crippen molar-refractivity contribution in [3.05, 3.63) is 0 Å². The monoisotopic (exact) mass is 172 g/mol. The van der Waals surface area contributed by atoms with Crippen LogP contribution in [-0.2, 0) is 9.53 Å². The van der Waals surface area contributed by atoms with Gasteiger partial charge >= 0.3 is 0 Å². The molecule has 0 heterocycles. The van der Waals surface area contributed by atoms with E-state index in [4.69, 9.17) is 10.5 Å². The molecule has 0 aliphatic heterocycles. The first-order valence-corrected chi connectivity index (χ1v) is 4.38. The number of ether oxygens (including phenoxy) is 1. The maximum absolute atomic E-state index is 10.2. The van der Waals surface area contributed by atoms with Gasteiger partial charge in [0.1, 0.15) is 6.61 Å². The van der Waals surface area contributed by atoms with Gasteiger partial charge in [-0.3, -0.25) is 4.79 Å². The number of primary amides is 1. The Morgan fingerprint density at radius 1 is 1.58 bits per heavy atom. The van der Waals surface area contributed by atoms with E-state index < -0.39 is 5.91 Å². The Kier molecular flexibility index (Phi) is 4.04. The second-order valence-electron chi connectivity index (χ2n) is 3.10. The molecule has 0 aromatic carbocycles. The van der Waals surface area contributed by atoms with Crippen LogP contribution in [0, 0.1) is 0 Å². The zero-order valence-corrected chi connectivity index (χ0v) is 7.21. The fourth-order valence-corrected chi connectivity index (χ4v) is 1.12. The molecule has 4 nitrogen and oxygen atoms in total. The third kappa shape index (κ3) is 3.69. The smallest absolute Gasteiger partial charge is 0.243 e. The summed E-state index contributed by atoms with van der Waals surface area (Å²) in [6.45, 7) is 1.42. The van der Waals surface area contributed by atoms with E-state index in [2.05, 4.69) is 5.32 Å². The molecule has 1 rings (SSSR count). The summed E-state index contributed by atoms with van der Waals surface area (Å²) in [7, 11) is 0. The highest BCUT2D eigenvalue weighted by atomic mass is 16.5. The molecular weight excluding hydrogens is 156 g/mol. The molecule has 1 amide bonds. The molecule has 0 spiro atoms. The molecule has 4 heteroatoms. The Morgan fingerprint density at radius 2 is 2.33 bits per heavy atom.